The van der Waals surface area contributed by atoms with E-state index in [1.807, 2.05) is 0 Å². The molecule has 28 heavy (non-hydrogen) atoms. The third-order valence-corrected chi connectivity index (χ3v) is 4.55. The highest BCUT2D eigenvalue weighted by atomic mass is 32.2. The van der Waals surface area contributed by atoms with Crippen LogP contribution in [0.4, 0.5) is 11.4 Å². The monoisotopic (exact) mass is 404 g/mol. The van der Waals surface area contributed by atoms with Gasteiger partial charge in [0.1, 0.15) is 21.8 Å². The maximum absolute atomic E-state index is 12.5. The number of H-pyrrole nitrogens is 1. The maximum Gasteiger partial charge on any atom is 0.340 e. The van der Waals surface area contributed by atoms with E-state index in [1.165, 1.54) is 12.7 Å². The van der Waals surface area contributed by atoms with E-state index in [9.17, 15) is 25.0 Å². The van der Waals surface area contributed by atoms with Crippen molar-refractivity contribution in [3.05, 3.63) is 50.6 Å². The number of fused-ring (bicyclic) bond motifs is 1. The Hall–Kier alpha value is -3.61. The second-order valence-corrected chi connectivity index (χ2v) is 6.69. The minimum absolute atomic E-state index is 0.129. The molecule has 0 unspecified atom stereocenters. The molecule has 0 fully saturated rings. The first kappa shape index (κ1) is 19.2. The summed E-state index contributed by atoms with van der Waals surface area (Å²) < 4.78 is 5.11. The SMILES string of the molecule is CC(C)OC(=O)c1cc([N+](=O)[O-])cc([N+](=O)[O-])c1Sc1ncnc2nc[nH]c12. The zero-order chi connectivity index (χ0) is 20.4. The number of carbonyl (C=O) groups is 1. The van der Waals surface area contributed by atoms with E-state index < -0.39 is 33.3 Å². The molecule has 12 nitrogen and oxygen atoms in total. The molecule has 0 bridgehead atoms. The fraction of sp³-hybridized carbons (Fsp3) is 0.200. The lowest BCUT2D eigenvalue weighted by atomic mass is 10.1. The molecule has 0 spiro atoms. The van der Waals surface area contributed by atoms with Gasteiger partial charge in [-0.3, -0.25) is 20.2 Å². The number of benzene rings is 1. The third-order valence-electron chi connectivity index (χ3n) is 3.41. The van der Waals surface area contributed by atoms with Crippen LogP contribution in [0.5, 0.6) is 0 Å². The summed E-state index contributed by atoms with van der Waals surface area (Å²) in [4.78, 5) is 48.3. The molecule has 0 atom stereocenters. The third kappa shape index (κ3) is 3.73. The Bertz CT molecular complexity index is 1100. The number of aromatic amines is 1. The van der Waals surface area contributed by atoms with Gasteiger partial charge in [0.05, 0.1) is 33.9 Å². The summed E-state index contributed by atoms with van der Waals surface area (Å²) in [5.41, 5.74) is -0.773. The van der Waals surface area contributed by atoms with Gasteiger partial charge in [-0.2, -0.15) is 0 Å². The van der Waals surface area contributed by atoms with Gasteiger partial charge < -0.3 is 9.72 Å². The molecule has 1 aromatic carbocycles. The summed E-state index contributed by atoms with van der Waals surface area (Å²) in [7, 11) is 0. The topological polar surface area (TPSA) is 167 Å². The molecule has 0 amide bonds. The summed E-state index contributed by atoms with van der Waals surface area (Å²) in [6.07, 6.45) is 2.07. The number of nitro groups is 2. The number of hydrogen-bond acceptors (Lipinski definition) is 10. The van der Waals surface area contributed by atoms with Crippen LogP contribution in [-0.4, -0.2) is 41.9 Å². The lowest BCUT2D eigenvalue weighted by molar-refractivity contribution is -0.396. The van der Waals surface area contributed by atoms with Gasteiger partial charge in [0.15, 0.2) is 5.65 Å². The molecule has 0 radical (unpaired) electrons. The summed E-state index contributed by atoms with van der Waals surface area (Å²) in [6, 6.07) is 1.74. The molecule has 0 aliphatic rings. The molecule has 144 valence electrons. The van der Waals surface area contributed by atoms with Crippen LogP contribution in [0.25, 0.3) is 11.2 Å². The molecule has 13 heteroatoms. The molecular formula is C15H12N6O6S. The number of esters is 1. The molecule has 2 heterocycles. The van der Waals surface area contributed by atoms with Gasteiger partial charge in [0.2, 0.25) is 0 Å². The van der Waals surface area contributed by atoms with Crippen LogP contribution in [0.1, 0.15) is 24.2 Å². The van der Waals surface area contributed by atoms with Crippen molar-refractivity contribution in [3.63, 3.8) is 0 Å². The Morgan fingerprint density at radius 2 is 1.93 bits per heavy atom. The van der Waals surface area contributed by atoms with Gasteiger partial charge in [-0.25, -0.2) is 19.7 Å². The largest absolute Gasteiger partial charge is 0.459 e. The van der Waals surface area contributed by atoms with Crippen LogP contribution in [0.3, 0.4) is 0 Å². The normalized spacial score (nSPS) is 11.0. The summed E-state index contributed by atoms with van der Waals surface area (Å²) in [6.45, 7) is 3.18. The molecule has 0 saturated carbocycles. The Morgan fingerprint density at radius 1 is 1.18 bits per heavy atom. The van der Waals surface area contributed by atoms with Crippen LogP contribution in [0.2, 0.25) is 0 Å². The second kappa shape index (κ2) is 7.56. The predicted molar refractivity (Wildman–Crippen MR) is 96.1 cm³/mol. The van der Waals surface area contributed by atoms with E-state index in [2.05, 4.69) is 19.9 Å². The molecule has 3 aromatic rings. The molecule has 1 N–H and O–H groups in total. The average Bonchev–Trinajstić information content (AvgIpc) is 3.10. The molecule has 2 aromatic heterocycles. The molecule has 0 aliphatic carbocycles. The van der Waals surface area contributed by atoms with Gasteiger partial charge in [0, 0.05) is 6.07 Å². The van der Waals surface area contributed by atoms with Crippen LogP contribution < -0.4 is 0 Å². The number of rotatable bonds is 6. The first-order valence-electron chi connectivity index (χ1n) is 7.77. The zero-order valence-corrected chi connectivity index (χ0v) is 15.3. The van der Waals surface area contributed by atoms with Crippen molar-refractivity contribution in [2.75, 3.05) is 0 Å². The fourth-order valence-corrected chi connectivity index (χ4v) is 3.33. The van der Waals surface area contributed by atoms with Gasteiger partial charge >= 0.3 is 5.97 Å². The van der Waals surface area contributed by atoms with Gasteiger partial charge in [0.25, 0.3) is 11.4 Å². The number of nitro benzene ring substituents is 2. The van der Waals surface area contributed by atoms with Gasteiger partial charge in [-0.05, 0) is 13.8 Å². The number of hydrogen-bond donors (Lipinski definition) is 1. The number of ether oxygens (including phenoxy) is 1. The van der Waals surface area contributed by atoms with Crippen LogP contribution in [-0.2, 0) is 4.74 Å². The zero-order valence-electron chi connectivity index (χ0n) is 14.5. The Morgan fingerprint density at radius 3 is 2.57 bits per heavy atom. The van der Waals surface area contributed by atoms with Crippen molar-refractivity contribution in [2.45, 2.75) is 29.9 Å². The Balaban J connectivity index is 2.21. The van der Waals surface area contributed by atoms with Gasteiger partial charge in [-0.15, -0.1) is 0 Å². The van der Waals surface area contributed by atoms with Crippen LogP contribution in [0, 0.1) is 20.2 Å². The number of carbonyl (C=O) groups excluding carboxylic acids is 1. The summed E-state index contributed by atoms with van der Waals surface area (Å²) in [5, 5.41) is 23.0. The molecule has 3 rings (SSSR count). The van der Waals surface area contributed by atoms with E-state index in [0.717, 1.165) is 23.9 Å². The van der Waals surface area contributed by atoms with Crippen molar-refractivity contribution < 1.29 is 19.4 Å². The predicted octanol–water partition coefficient (Wildman–Crippen LogP) is 2.89. The van der Waals surface area contributed by atoms with Crippen LogP contribution in [0.15, 0.2) is 34.7 Å². The molecule has 0 aliphatic heterocycles. The highest BCUT2D eigenvalue weighted by molar-refractivity contribution is 7.99. The van der Waals surface area contributed by atoms with Crippen molar-refractivity contribution in [3.8, 4) is 0 Å². The highest BCUT2D eigenvalue weighted by Gasteiger charge is 2.30. The number of imidazole rings is 1. The minimum Gasteiger partial charge on any atom is -0.459 e. The lowest BCUT2D eigenvalue weighted by Crippen LogP contribution is -2.14. The number of nitrogens with zero attached hydrogens (tertiary/aromatic N) is 5. The Kier molecular flexibility index (Phi) is 5.17. The van der Waals surface area contributed by atoms with E-state index in [-0.39, 0.29) is 15.5 Å². The summed E-state index contributed by atoms with van der Waals surface area (Å²) >= 11 is 0.792. The van der Waals surface area contributed by atoms with Crippen LogP contribution >= 0.6 is 11.8 Å². The summed E-state index contributed by atoms with van der Waals surface area (Å²) in [5.74, 6) is -0.917. The Labute approximate surface area is 160 Å². The first-order valence-corrected chi connectivity index (χ1v) is 8.59. The van der Waals surface area contributed by atoms with Crippen molar-refractivity contribution in [2.24, 2.45) is 0 Å². The van der Waals surface area contributed by atoms with E-state index in [1.54, 1.807) is 13.8 Å². The molecular weight excluding hydrogens is 392 g/mol. The smallest absolute Gasteiger partial charge is 0.340 e. The quantitative estimate of drug-likeness (QED) is 0.279. The van der Waals surface area contributed by atoms with Crippen molar-refractivity contribution in [1.82, 2.24) is 19.9 Å². The fourth-order valence-electron chi connectivity index (χ4n) is 2.29. The number of non-ortho nitro benzene ring substituents is 1. The number of nitrogens with one attached hydrogen (secondary N) is 1. The lowest BCUT2D eigenvalue weighted by Gasteiger charge is -2.12. The second-order valence-electron chi connectivity index (χ2n) is 5.69. The standard InChI is InChI=1S/C15H12N6O6S/c1-7(2)27-15(22)9-3-8(20(23)24)4-10(21(25)26)12(9)28-14-11-13(17-5-16-11)18-6-19-14/h3-7H,1-2H3,(H,16,17,18,19). The average molecular weight is 404 g/mol. The van der Waals surface area contributed by atoms with E-state index in [4.69, 9.17) is 4.74 Å². The first-order chi connectivity index (χ1) is 13.3. The van der Waals surface area contributed by atoms with Crippen molar-refractivity contribution >= 4 is 40.3 Å². The van der Waals surface area contributed by atoms with Crippen molar-refractivity contribution in [1.29, 1.82) is 0 Å². The van der Waals surface area contributed by atoms with E-state index >= 15 is 0 Å². The number of aromatic nitrogens is 4. The maximum atomic E-state index is 12.5. The van der Waals surface area contributed by atoms with Gasteiger partial charge in [-0.1, -0.05) is 11.8 Å². The van der Waals surface area contributed by atoms with E-state index in [0.29, 0.717) is 11.2 Å². The molecule has 0 saturated heterocycles. The minimum atomic E-state index is -0.917. The highest BCUT2D eigenvalue weighted by Crippen LogP contribution is 2.41.